The van der Waals surface area contributed by atoms with Crippen LogP contribution < -0.4 is 15.6 Å². The number of benzene rings is 1. The van der Waals surface area contributed by atoms with Crippen LogP contribution in [0.5, 0.6) is 5.75 Å². The van der Waals surface area contributed by atoms with Gasteiger partial charge in [0.25, 0.3) is 5.56 Å². The molecule has 0 aliphatic carbocycles. The topological polar surface area (TPSA) is 124 Å². The zero-order chi connectivity index (χ0) is 23.8. The van der Waals surface area contributed by atoms with Crippen molar-refractivity contribution in [1.82, 2.24) is 24.9 Å². The molecule has 176 valence electrons. The van der Waals surface area contributed by atoms with Crippen molar-refractivity contribution in [2.75, 3.05) is 13.2 Å². The molecule has 3 N–H and O–H groups in total. The molecule has 0 saturated carbocycles. The second kappa shape index (κ2) is 8.94. The van der Waals surface area contributed by atoms with Crippen LogP contribution in [0.3, 0.4) is 0 Å². The van der Waals surface area contributed by atoms with Crippen LogP contribution in [-0.2, 0) is 11.8 Å². The molecule has 1 fully saturated rings. The van der Waals surface area contributed by atoms with Gasteiger partial charge in [-0.3, -0.25) is 14.8 Å². The van der Waals surface area contributed by atoms with E-state index < -0.39 is 36.0 Å². The third-order valence-corrected chi connectivity index (χ3v) is 4.98. The lowest BCUT2D eigenvalue weighted by atomic mass is 10.1. The van der Waals surface area contributed by atoms with Crippen molar-refractivity contribution in [2.45, 2.75) is 24.7 Å². The maximum Gasteiger partial charge on any atom is 0.573 e. The SMILES string of the molecule is Cn1cc(-n2nc(-c3ccc(OC(F)(F)F)cc3)cc(C(O)N[C@@H]3COC[C@@H]3O)c2=O)cn1. The van der Waals surface area contributed by atoms with E-state index in [0.29, 0.717) is 11.3 Å². The summed E-state index contributed by atoms with van der Waals surface area (Å²) in [5, 5.41) is 31.7. The Hall–Kier alpha value is -3.26. The van der Waals surface area contributed by atoms with Crippen LogP contribution in [0.1, 0.15) is 11.8 Å². The number of nitrogens with one attached hydrogen (secondary N) is 1. The quantitative estimate of drug-likeness (QED) is 0.457. The number of ether oxygens (including phenoxy) is 2. The lowest BCUT2D eigenvalue weighted by Crippen LogP contribution is -2.43. The summed E-state index contributed by atoms with van der Waals surface area (Å²) in [4.78, 5) is 13.1. The molecule has 3 atom stereocenters. The van der Waals surface area contributed by atoms with Crippen molar-refractivity contribution >= 4 is 0 Å². The number of alkyl halides is 3. The van der Waals surface area contributed by atoms with Crippen LogP contribution in [0.4, 0.5) is 13.2 Å². The van der Waals surface area contributed by atoms with Crippen molar-refractivity contribution < 1.29 is 32.9 Å². The van der Waals surface area contributed by atoms with E-state index in [0.717, 1.165) is 16.8 Å². The number of hydrogen-bond acceptors (Lipinski definition) is 8. The molecule has 0 radical (unpaired) electrons. The Labute approximate surface area is 184 Å². The van der Waals surface area contributed by atoms with Crippen molar-refractivity contribution in [2.24, 2.45) is 7.05 Å². The lowest BCUT2D eigenvalue weighted by Gasteiger charge is -2.20. The van der Waals surface area contributed by atoms with Gasteiger partial charge >= 0.3 is 6.36 Å². The van der Waals surface area contributed by atoms with Gasteiger partial charge in [-0.15, -0.1) is 13.2 Å². The maximum atomic E-state index is 13.1. The molecule has 0 spiro atoms. The minimum absolute atomic E-state index is 0.0847. The number of hydrogen-bond donors (Lipinski definition) is 3. The van der Waals surface area contributed by atoms with Crippen molar-refractivity contribution in [3.8, 4) is 22.7 Å². The average Bonchev–Trinajstić information content (AvgIpc) is 3.35. The highest BCUT2D eigenvalue weighted by Gasteiger charge is 2.31. The van der Waals surface area contributed by atoms with Crippen molar-refractivity contribution in [3.05, 3.63) is 58.6 Å². The summed E-state index contributed by atoms with van der Waals surface area (Å²) in [6.07, 6.45) is -4.23. The zero-order valence-corrected chi connectivity index (χ0v) is 17.2. The number of halogens is 3. The van der Waals surface area contributed by atoms with Gasteiger partial charge in [-0.1, -0.05) is 0 Å². The summed E-state index contributed by atoms with van der Waals surface area (Å²) >= 11 is 0. The minimum atomic E-state index is -4.83. The van der Waals surface area contributed by atoms with Gasteiger partial charge in [-0.05, 0) is 30.3 Å². The van der Waals surface area contributed by atoms with E-state index in [9.17, 15) is 28.2 Å². The summed E-state index contributed by atoms with van der Waals surface area (Å²) in [5.74, 6) is -0.413. The van der Waals surface area contributed by atoms with E-state index in [-0.39, 0.29) is 24.5 Å². The number of aryl methyl sites for hydroxylation is 1. The largest absolute Gasteiger partial charge is 0.573 e. The summed E-state index contributed by atoms with van der Waals surface area (Å²) in [6.45, 7) is 0.242. The standard InChI is InChI=1S/C20H20F3N5O5/c1-27-8-12(7-24-27)28-19(31)14(18(30)25-16-9-32-10-17(16)29)6-15(26-28)11-2-4-13(5-3-11)33-20(21,22)23/h2-8,16-18,25,29-30H,9-10H2,1H3/t16-,17+,18?/m1/s1. The highest BCUT2D eigenvalue weighted by atomic mass is 19.4. The monoisotopic (exact) mass is 467 g/mol. The van der Waals surface area contributed by atoms with Gasteiger partial charge in [-0.2, -0.15) is 14.9 Å². The smallest absolute Gasteiger partial charge is 0.406 e. The van der Waals surface area contributed by atoms with Gasteiger partial charge in [0, 0.05) is 12.6 Å². The van der Waals surface area contributed by atoms with E-state index in [1.54, 1.807) is 7.05 Å². The first-order chi connectivity index (χ1) is 15.6. The number of aliphatic hydroxyl groups excluding tert-OH is 2. The third-order valence-electron chi connectivity index (χ3n) is 4.98. The number of nitrogens with zero attached hydrogens (tertiary/aromatic N) is 4. The van der Waals surface area contributed by atoms with Gasteiger partial charge in [-0.25, -0.2) is 0 Å². The van der Waals surface area contributed by atoms with E-state index in [2.05, 4.69) is 20.3 Å². The Morgan fingerprint density at radius 3 is 2.58 bits per heavy atom. The molecule has 0 bridgehead atoms. The summed E-state index contributed by atoms with van der Waals surface area (Å²) in [7, 11) is 1.65. The molecule has 0 amide bonds. The van der Waals surface area contributed by atoms with Crippen LogP contribution in [-0.4, -0.2) is 61.5 Å². The van der Waals surface area contributed by atoms with Gasteiger partial charge in [0.2, 0.25) is 0 Å². The molecule has 1 unspecified atom stereocenters. The predicted octanol–water partition coefficient (Wildman–Crippen LogP) is 0.872. The Balaban J connectivity index is 1.73. The molecule has 1 saturated heterocycles. The average molecular weight is 467 g/mol. The molecule has 4 rings (SSSR count). The van der Waals surface area contributed by atoms with E-state index >= 15 is 0 Å². The number of aromatic nitrogens is 4. The first kappa shape index (κ1) is 22.9. The first-order valence-corrected chi connectivity index (χ1v) is 9.80. The summed E-state index contributed by atoms with van der Waals surface area (Å²) in [6, 6.07) is 5.66. The highest BCUT2D eigenvalue weighted by molar-refractivity contribution is 5.60. The molecule has 10 nitrogen and oxygen atoms in total. The maximum absolute atomic E-state index is 13.1. The van der Waals surface area contributed by atoms with Crippen LogP contribution >= 0.6 is 0 Å². The van der Waals surface area contributed by atoms with Crippen molar-refractivity contribution in [1.29, 1.82) is 0 Å². The predicted molar refractivity (Wildman–Crippen MR) is 107 cm³/mol. The van der Waals surface area contributed by atoms with Crippen LogP contribution in [0, 0.1) is 0 Å². The zero-order valence-electron chi connectivity index (χ0n) is 17.2. The van der Waals surface area contributed by atoms with Crippen molar-refractivity contribution in [3.63, 3.8) is 0 Å². The molecular weight excluding hydrogens is 447 g/mol. The molecule has 1 aliphatic rings. The molecule has 3 heterocycles. The summed E-state index contributed by atoms with van der Waals surface area (Å²) in [5.41, 5.74) is 0.172. The fourth-order valence-corrected chi connectivity index (χ4v) is 3.37. The Bertz CT molecular complexity index is 1180. The fraction of sp³-hybridized carbons (Fsp3) is 0.350. The molecule has 13 heteroatoms. The molecule has 3 aromatic rings. The first-order valence-electron chi connectivity index (χ1n) is 9.80. The van der Waals surface area contributed by atoms with E-state index in [4.69, 9.17) is 4.74 Å². The van der Waals surface area contributed by atoms with Gasteiger partial charge < -0.3 is 19.7 Å². The third kappa shape index (κ3) is 5.22. The number of aliphatic hydroxyl groups is 2. The number of rotatable bonds is 6. The molecular formula is C20H20F3N5O5. The normalized spacial score (nSPS) is 19.6. The second-order valence-electron chi connectivity index (χ2n) is 7.43. The van der Waals surface area contributed by atoms with Gasteiger partial charge in [0.1, 0.15) is 17.7 Å². The Morgan fingerprint density at radius 1 is 1.27 bits per heavy atom. The minimum Gasteiger partial charge on any atom is -0.406 e. The fourth-order valence-electron chi connectivity index (χ4n) is 3.37. The van der Waals surface area contributed by atoms with Crippen LogP contribution in [0.25, 0.3) is 16.9 Å². The van der Waals surface area contributed by atoms with Gasteiger partial charge in [0.15, 0.2) is 0 Å². The molecule has 1 aromatic carbocycles. The van der Waals surface area contributed by atoms with E-state index in [1.807, 2.05) is 0 Å². The highest BCUT2D eigenvalue weighted by Crippen LogP contribution is 2.26. The summed E-state index contributed by atoms with van der Waals surface area (Å²) < 4.78 is 48.9. The lowest BCUT2D eigenvalue weighted by molar-refractivity contribution is -0.274. The van der Waals surface area contributed by atoms with Gasteiger partial charge in [0.05, 0.1) is 49.0 Å². The molecule has 33 heavy (non-hydrogen) atoms. The van der Waals surface area contributed by atoms with Crippen LogP contribution in [0.2, 0.25) is 0 Å². The van der Waals surface area contributed by atoms with Crippen LogP contribution in [0.15, 0.2) is 47.5 Å². The Kier molecular flexibility index (Phi) is 6.21. The Morgan fingerprint density at radius 2 is 2.00 bits per heavy atom. The van der Waals surface area contributed by atoms with E-state index in [1.165, 1.54) is 35.3 Å². The molecule has 1 aliphatic heterocycles. The second-order valence-corrected chi connectivity index (χ2v) is 7.43. The molecule has 2 aromatic heterocycles.